The van der Waals surface area contributed by atoms with Gasteiger partial charge in [-0.1, -0.05) is 0 Å². The standard InChI is InChI=1S/C10H16N2O3S/c1-14-3-2-4-16-7-9-5-8(6-15-9)10(13)12-11/h5-6H,2-4,7,11H2,1H3,(H,12,13). The van der Waals surface area contributed by atoms with E-state index < -0.39 is 0 Å². The number of methoxy groups -OCH3 is 1. The fourth-order valence-corrected chi connectivity index (χ4v) is 1.96. The average Bonchev–Trinajstić information content (AvgIpc) is 2.76. The lowest BCUT2D eigenvalue weighted by Gasteiger charge is -1.98. The van der Waals surface area contributed by atoms with Gasteiger partial charge < -0.3 is 9.15 Å². The minimum atomic E-state index is -0.334. The number of amides is 1. The summed E-state index contributed by atoms with van der Waals surface area (Å²) in [5, 5.41) is 0. The molecule has 0 aliphatic heterocycles. The number of hydrogen-bond donors (Lipinski definition) is 2. The Balaban J connectivity index is 2.27. The van der Waals surface area contributed by atoms with Crippen molar-refractivity contribution < 1.29 is 13.9 Å². The first kappa shape index (κ1) is 13.1. The summed E-state index contributed by atoms with van der Waals surface area (Å²) in [6.45, 7) is 0.770. The fourth-order valence-electron chi connectivity index (χ4n) is 1.14. The molecule has 0 bridgehead atoms. The van der Waals surface area contributed by atoms with Crippen LogP contribution >= 0.6 is 11.8 Å². The molecule has 0 aromatic carbocycles. The topological polar surface area (TPSA) is 77.5 Å². The van der Waals surface area contributed by atoms with Crippen molar-refractivity contribution in [3.05, 3.63) is 23.7 Å². The molecule has 1 amide bonds. The van der Waals surface area contributed by atoms with Gasteiger partial charge in [0.05, 0.1) is 11.3 Å². The molecular weight excluding hydrogens is 228 g/mol. The molecule has 0 aliphatic rings. The SMILES string of the molecule is COCCCSCc1cc(C(=O)NN)co1. The number of carbonyl (C=O) groups is 1. The first-order valence-electron chi connectivity index (χ1n) is 4.93. The average molecular weight is 244 g/mol. The van der Waals surface area contributed by atoms with Crippen molar-refractivity contribution in [2.75, 3.05) is 19.5 Å². The Bertz CT molecular complexity index is 328. The number of carbonyl (C=O) groups excluding carboxylic acids is 1. The van der Waals surface area contributed by atoms with Crippen LogP contribution in [0.2, 0.25) is 0 Å². The van der Waals surface area contributed by atoms with Crippen LogP contribution in [0, 0.1) is 0 Å². The predicted octanol–water partition coefficient (Wildman–Crippen LogP) is 1.15. The number of hydrazine groups is 1. The summed E-state index contributed by atoms with van der Waals surface area (Å²) in [5.74, 6) is 7.21. The van der Waals surface area contributed by atoms with Gasteiger partial charge in [0.25, 0.3) is 5.91 Å². The zero-order chi connectivity index (χ0) is 11.8. The molecule has 5 nitrogen and oxygen atoms in total. The van der Waals surface area contributed by atoms with Gasteiger partial charge in [0.2, 0.25) is 0 Å². The molecule has 0 saturated carbocycles. The molecule has 6 heteroatoms. The van der Waals surface area contributed by atoms with Crippen LogP contribution in [0.4, 0.5) is 0 Å². The van der Waals surface area contributed by atoms with Gasteiger partial charge in [-0.05, 0) is 18.2 Å². The van der Waals surface area contributed by atoms with Crippen molar-refractivity contribution in [2.24, 2.45) is 5.84 Å². The van der Waals surface area contributed by atoms with Crippen molar-refractivity contribution in [2.45, 2.75) is 12.2 Å². The van der Waals surface area contributed by atoms with Crippen molar-refractivity contribution in [3.63, 3.8) is 0 Å². The van der Waals surface area contributed by atoms with Crippen LogP contribution < -0.4 is 11.3 Å². The van der Waals surface area contributed by atoms with Gasteiger partial charge in [-0.2, -0.15) is 11.8 Å². The third kappa shape index (κ3) is 4.26. The van der Waals surface area contributed by atoms with Crippen molar-refractivity contribution in [1.82, 2.24) is 5.43 Å². The number of rotatable bonds is 7. The highest BCUT2D eigenvalue weighted by Gasteiger charge is 2.08. The molecule has 0 saturated heterocycles. The van der Waals surface area contributed by atoms with Crippen LogP contribution in [0.15, 0.2) is 16.7 Å². The number of furan rings is 1. The van der Waals surface area contributed by atoms with Gasteiger partial charge in [-0.3, -0.25) is 10.2 Å². The Morgan fingerprint density at radius 3 is 3.19 bits per heavy atom. The smallest absolute Gasteiger partial charge is 0.268 e. The highest BCUT2D eigenvalue weighted by molar-refractivity contribution is 7.98. The third-order valence-corrected chi connectivity index (χ3v) is 2.99. The summed E-state index contributed by atoms with van der Waals surface area (Å²) in [7, 11) is 1.69. The molecule has 16 heavy (non-hydrogen) atoms. The minimum absolute atomic E-state index is 0.334. The minimum Gasteiger partial charge on any atom is -0.468 e. The molecule has 90 valence electrons. The monoisotopic (exact) mass is 244 g/mol. The summed E-state index contributed by atoms with van der Waals surface area (Å²) in [5.41, 5.74) is 2.51. The molecular formula is C10H16N2O3S. The molecule has 0 spiro atoms. The quantitative estimate of drug-likeness (QED) is 0.325. The number of hydrogen-bond acceptors (Lipinski definition) is 5. The Kier molecular flexibility index (Phi) is 5.99. The Morgan fingerprint density at radius 1 is 1.69 bits per heavy atom. The van der Waals surface area contributed by atoms with E-state index in [1.807, 2.05) is 0 Å². The maximum atomic E-state index is 11.1. The maximum absolute atomic E-state index is 11.1. The van der Waals surface area contributed by atoms with E-state index in [1.165, 1.54) is 6.26 Å². The summed E-state index contributed by atoms with van der Waals surface area (Å²) in [6, 6.07) is 1.70. The number of nitrogens with one attached hydrogen (secondary N) is 1. The van der Waals surface area contributed by atoms with Gasteiger partial charge in [0.15, 0.2) is 0 Å². The predicted molar refractivity (Wildman–Crippen MR) is 63.0 cm³/mol. The van der Waals surface area contributed by atoms with E-state index in [4.69, 9.17) is 15.0 Å². The van der Waals surface area contributed by atoms with Crippen LogP contribution in [0.3, 0.4) is 0 Å². The first-order valence-corrected chi connectivity index (χ1v) is 6.08. The van der Waals surface area contributed by atoms with Crippen molar-refractivity contribution >= 4 is 17.7 Å². The van der Waals surface area contributed by atoms with E-state index in [-0.39, 0.29) is 5.91 Å². The molecule has 1 aromatic rings. The molecule has 3 N–H and O–H groups in total. The van der Waals surface area contributed by atoms with E-state index >= 15 is 0 Å². The van der Waals surface area contributed by atoms with Crippen molar-refractivity contribution in [3.8, 4) is 0 Å². The van der Waals surface area contributed by atoms with Crippen LogP contribution in [0.1, 0.15) is 22.5 Å². The second kappa shape index (κ2) is 7.32. The summed E-state index contributed by atoms with van der Waals surface area (Å²) >= 11 is 1.74. The Morgan fingerprint density at radius 2 is 2.50 bits per heavy atom. The molecule has 0 fully saturated rings. The van der Waals surface area contributed by atoms with E-state index in [2.05, 4.69) is 5.43 Å². The van der Waals surface area contributed by atoms with E-state index in [1.54, 1.807) is 24.9 Å². The van der Waals surface area contributed by atoms with Gasteiger partial charge in [0.1, 0.15) is 12.0 Å². The second-order valence-electron chi connectivity index (χ2n) is 3.17. The first-order chi connectivity index (χ1) is 7.77. The molecule has 0 atom stereocenters. The zero-order valence-corrected chi connectivity index (χ0v) is 10.0. The van der Waals surface area contributed by atoms with Crippen LogP contribution in [0.5, 0.6) is 0 Å². The Labute approximate surface area is 98.7 Å². The van der Waals surface area contributed by atoms with Crippen molar-refractivity contribution in [1.29, 1.82) is 0 Å². The second-order valence-corrected chi connectivity index (χ2v) is 4.28. The highest BCUT2D eigenvalue weighted by Crippen LogP contribution is 2.16. The lowest BCUT2D eigenvalue weighted by molar-refractivity contribution is 0.0953. The molecule has 0 radical (unpaired) electrons. The highest BCUT2D eigenvalue weighted by atomic mass is 32.2. The lowest BCUT2D eigenvalue weighted by atomic mass is 10.3. The van der Waals surface area contributed by atoms with E-state index in [0.717, 1.165) is 30.3 Å². The fraction of sp³-hybridized carbons (Fsp3) is 0.500. The molecule has 1 rings (SSSR count). The molecule has 0 unspecified atom stereocenters. The van der Waals surface area contributed by atoms with Gasteiger partial charge in [0, 0.05) is 13.7 Å². The number of ether oxygens (including phenoxy) is 1. The summed E-state index contributed by atoms with van der Waals surface area (Å²) in [4.78, 5) is 11.1. The van der Waals surface area contributed by atoms with E-state index in [9.17, 15) is 4.79 Å². The normalized spacial score (nSPS) is 10.4. The summed E-state index contributed by atoms with van der Waals surface area (Å²) in [6.07, 6.45) is 2.42. The molecule has 1 heterocycles. The maximum Gasteiger partial charge on any atom is 0.268 e. The van der Waals surface area contributed by atoms with Crippen LogP contribution in [-0.2, 0) is 10.5 Å². The molecule has 0 aliphatic carbocycles. The number of nitrogens with two attached hydrogens (primary N) is 1. The van der Waals surface area contributed by atoms with Crippen LogP contribution in [-0.4, -0.2) is 25.4 Å². The van der Waals surface area contributed by atoms with E-state index in [0.29, 0.717) is 5.56 Å². The summed E-state index contributed by atoms with van der Waals surface area (Å²) < 4.78 is 10.2. The van der Waals surface area contributed by atoms with Gasteiger partial charge in [-0.15, -0.1) is 0 Å². The Hall–Kier alpha value is -0.980. The number of thioether (sulfide) groups is 1. The number of nitrogen functional groups attached to an aromatic ring is 1. The zero-order valence-electron chi connectivity index (χ0n) is 9.19. The third-order valence-electron chi connectivity index (χ3n) is 1.93. The largest absolute Gasteiger partial charge is 0.468 e. The van der Waals surface area contributed by atoms with Crippen LogP contribution in [0.25, 0.3) is 0 Å². The van der Waals surface area contributed by atoms with Gasteiger partial charge in [-0.25, -0.2) is 5.84 Å². The van der Waals surface area contributed by atoms with Gasteiger partial charge >= 0.3 is 0 Å². The molecule has 1 aromatic heterocycles. The lowest BCUT2D eigenvalue weighted by Crippen LogP contribution is -2.29.